The van der Waals surface area contributed by atoms with E-state index in [2.05, 4.69) is 4.90 Å². The molecule has 2 rings (SSSR count). The Morgan fingerprint density at radius 3 is 2.47 bits per heavy atom. The van der Waals surface area contributed by atoms with E-state index in [9.17, 15) is 0 Å². The number of rotatable bonds is 4. The lowest BCUT2D eigenvalue weighted by atomic mass is 9.90. The van der Waals surface area contributed by atoms with Crippen molar-refractivity contribution in [2.24, 2.45) is 17.4 Å². The molecule has 0 spiro atoms. The lowest BCUT2D eigenvalue weighted by molar-refractivity contribution is 0.163. The van der Waals surface area contributed by atoms with E-state index in [1.807, 2.05) is 18.2 Å². The Bertz CT molecular complexity index is 417. The molecule has 1 fully saturated rings. The fourth-order valence-electron chi connectivity index (χ4n) is 2.63. The summed E-state index contributed by atoms with van der Waals surface area (Å²) in [7, 11) is 0. The molecule has 3 nitrogen and oxygen atoms in total. The fraction of sp³-hybridized carbons (Fsp3) is 0.571. The van der Waals surface area contributed by atoms with Gasteiger partial charge in [0.25, 0.3) is 0 Å². The molecular weight excluding hydrogens is 281 g/mol. The zero-order valence-electron chi connectivity index (χ0n) is 11.0. The third-order valence-corrected chi connectivity index (χ3v) is 4.64. The van der Waals surface area contributed by atoms with Crippen LogP contribution in [0.3, 0.4) is 0 Å². The Kier molecular flexibility index (Phi) is 5.48. The molecule has 5 heteroatoms. The summed E-state index contributed by atoms with van der Waals surface area (Å²) < 4.78 is 0. The van der Waals surface area contributed by atoms with Crippen LogP contribution in [0.25, 0.3) is 0 Å². The van der Waals surface area contributed by atoms with Crippen molar-refractivity contribution in [3.8, 4) is 0 Å². The van der Waals surface area contributed by atoms with Gasteiger partial charge in [0.15, 0.2) is 0 Å². The van der Waals surface area contributed by atoms with Crippen LogP contribution < -0.4 is 11.5 Å². The third-order valence-electron chi connectivity index (χ3n) is 3.90. The molecule has 0 aliphatic carbocycles. The van der Waals surface area contributed by atoms with Gasteiger partial charge in [0.1, 0.15) is 0 Å². The van der Waals surface area contributed by atoms with Crippen molar-refractivity contribution in [3.63, 3.8) is 0 Å². The van der Waals surface area contributed by atoms with Gasteiger partial charge in [-0.2, -0.15) is 0 Å². The number of hydrogen-bond donors (Lipinski definition) is 2. The molecule has 1 aliphatic heterocycles. The molecule has 1 aliphatic rings. The van der Waals surface area contributed by atoms with Crippen LogP contribution in [-0.2, 0) is 6.54 Å². The summed E-state index contributed by atoms with van der Waals surface area (Å²) in [5, 5.41) is 1.23. The van der Waals surface area contributed by atoms with Gasteiger partial charge in [0.2, 0.25) is 0 Å². The van der Waals surface area contributed by atoms with E-state index in [0.717, 1.165) is 32.5 Å². The highest BCUT2D eigenvalue weighted by atomic mass is 35.5. The third kappa shape index (κ3) is 4.07. The average Bonchev–Trinajstić information content (AvgIpc) is 2.43. The van der Waals surface area contributed by atoms with Crippen molar-refractivity contribution in [2.75, 3.05) is 19.6 Å². The molecule has 1 aromatic rings. The van der Waals surface area contributed by atoms with Crippen molar-refractivity contribution in [1.29, 1.82) is 0 Å². The summed E-state index contributed by atoms with van der Waals surface area (Å²) in [5.41, 5.74) is 12.8. The molecule has 1 unspecified atom stereocenters. The first-order valence-corrected chi connectivity index (χ1v) is 7.47. The summed E-state index contributed by atoms with van der Waals surface area (Å²) in [6.07, 6.45) is 2.25. The van der Waals surface area contributed by atoms with Gasteiger partial charge in [-0.25, -0.2) is 0 Å². The Labute approximate surface area is 124 Å². The van der Waals surface area contributed by atoms with Gasteiger partial charge in [-0.1, -0.05) is 29.3 Å². The summed E-state index contributed by atoms with van der Waals surface area (Å²) in [6.45, 7) is 3.64. The smallest absolute Gasteiger partial charge is 0.0595 e. The topological polar surface area (TPSA) is 55.3 Å². The first-order valence-electron chi connectivity index (χ1n) is 6.72. The van der Waals surface area contributed by atoms with Crippen LogP contribution in [-0.4, -0.2) is 30.6 Å². The molecular formula is C14H21Cl2N3. The molecule has 1 atom stereocenters. The highest BCUT2D eigenvalue weighted by Crippen LogP contribution is 2.25. The first-order chi connectivity index (χ1) is 9.10. The SMILES string of the molecule is NCC(N)C1CCN(Cc2ccc(Cl)c(Cl)c2)CC1. The minimum Gasteiger partial charge on any atom is -0.329 e. The van der Waals surface area contributed by atoms with E-state index in [1.165, 1.54) is 5.56 Å². The molecule has 1 aromatic carbocycles. The van der Waals surface area contributed by atoms with Crippen molar-refractivity contribution >= 4 is 23.2 Å². The summed E-state index contributed by atoms with van der Waals surface area (Å²) in [4.78, 5) is 2.43. The largest absolute Gasteiger partial charge is 0.329 e. The highest BCUT2D eigenvalue weighted by molar-refractivity contribution is 6.42. The molecule has 19 heavy (non-hydrogen) atoms. The number of benzene rings is 1. The Morgan fingerprint density at radius 2 is 1.89 bits per heavy atom. The highest BCUT2D eigenvalue weighted by Gasteiger charge is 2.23. The van der Waals surface area contributed by atoms with Crippen LogP contribution in [0.1, 0.15) is 18.4 Å². The predicted molar refractivity (Wildman–Crippen MR) is 81.5 cm³/mol. The zero-order valence-corrected chi connectivity index (χ0v) is 12.5. The standard InChI is InChI=1S/C14H21Cl2N3/c15-12-2-1-10(7-13(12)16)9-19-5-3-11(4-6-19)14(18)8-17/h1-2,7,11,14H,3-6,8-9,17-18H2. The lowest BCUT2D eigenvalue weighted by Crippen LogP contribution is -2.44. The van der Waals surface area contributed by atoms with Gasteiger partial charge >= 0.3 is 0 Å². The molecule has 106 valence electrons. The van der Waals surface area contributed by atoms with Crippen LogP contribution in [0.5, 0.6) is 0 Å². The Hall–Kier alpha value is -0.320. The summed E-state index contributed by atoms with van der Waals surface area (Å²) >= 11 is 12.0. The minimum atomic E-state index is 0.145. The van der Waals surface area contributed by atoms with E-state index in [1.54, 1.807) is 0 Å². The number of piperidine rings is 1. The fourth-order valence-corrected chi connectivity index (χ4v) is 2.95. The molecule has 0 aromatic heterocycles. The van der Waals surface area contributed by atoms with Crippen LogP contribution in [0.2, 0.25) is 10.0 Å². The Balaban J connectivity index is 1.87. The van der Waals surface area contributed by atoms with Crippen molar-refractivity contribution in [2.45, 2.75) is 25.4 Å². The zero-order chi connectivity index (χ0) is 13.8. The summed E-state index contributed by atoms with van der Waals surface area (Å²) in [6, 6.07) is 5.98. The van der Waals surface area contributed by atoms with Crippen LogP contribution >= 0.6 is 23.2 Å². The Morgan fingerprint density at radius 1 is 1.21 bits per heavy atom. The molecule has 0 saturated carbocycles. The second-order valence-corrected chi connectivity index (χ2v) is 6.08. The number of halogens is 2. The second kappa shape index (κ2) is 6.91. The average molecular weight is 302 g/mol. The van der Waals surface area contributed by atoms with Gasteiger partial charge in [0.05, 0.1) is 10.0 Å². The molecule has 1 saturated heterocycles. The predicted octanol–water partition coefficient (Wildman–Crippen LogP) is 2.49. The first kappa shape index (κ1) is 15.1. The molecule has 1 heterocycles. The van der Waals surface area contributed by atoms with Crippen molar-refractivity contribution < 1.29 is 0 Å². The number of nitrogens with zero attached hydrogens (tertiary/aromatic N) is 1. The maximum atomic E-state index is 6.03. The van der Waals surface area contributed by atoms with E-state index in [0.29, 0.717) is 22.5 Å². The maximum Gasteiger partial charge on any atom is 0.0595 e. The number of nitrogens with two attached hydrogens (primary N) is 2. The quantitative estimate of drug-likeness (QED) is 0.898. The van der Waals surface area contributed by atoms with Gasteiger partial charge < -0.3 is 11.5 Å². The van der Waals surface area contributed by atoms with Crippen molar-refractivity contribution in [3.05, 3.63) is 33.8 Å². The van der Waals surface area contributed by atoms with Gasteiger partial charge in [0, 0.05) is 19.1 Å². The van der Waals surface area contributed by atoms with Crippen LogP contribution in [0.15, 0.2) is 18.2 Å². The van der Waals surface area contributed by atoms with E-state index >= 15 is 0 Å². The van der Waals surface area contributed by atoms with E-state index in [4.69, 9.17) is 34.7 Å². The van der Waals surface area contributed by atoms with E-state index in [-0.39, 0.29) is 6.04 Å². The molecule has 4 N–H and O–H groups in total. The van der Waals surface area contributed by atoms with Crippen LogP contribution in [0, 0.1) is 5.92 Å². The molecule has 0 bridgehead atoms. The molecule has 0 amide bonds. The van der Waals surface area contributed by atoms with Crippen LogP contribution in [0.4, 0.5) is 0 Å². The minimum absolute atomic E-state index is 0.145. The number of likely N-dealkylation sites (tertiary alicyclic amines) is 1. The van der Waals surface area contributed by atoms with Crippen molar-refractivity contribution in [1.82, 2.24) is 4.90 Å². The molecule has 0 radical (unpaired) electrons. The van der Waals surface area contributed by atoms with Gasteiger partial charge in [-0.3, -0.25) is 4.90 Å². The second-order valence-electron chi connectivity index (χ2n) is 5.26. The normalized spacial score (nSPS) is 19.6. The van der Waals surface area contributed by atoms with Gasteiger partial charge in [-0.05, 0) is 49.5 Å². The number of hydrogen-bond acceptors (Lipinski definition) is 3. The van der Waals surface area contributed by atoms with E-state index < -0.39 is 0 Å². The van der Waals surface area contributed by atoms with Gasteiger partial charge in [-0.15, -0.1) is 0 Å². The maximum absolute atomic E-state index is 6.03. The lowest BCUT2D eigenvalue weighted by Gasteiger charge is -2.34. The summed E-state index contributed by atoms with van der Waals surface area (Å²) in [5.74, 6) is 0.565. The monoisotopic (exact) mass is 301 g/mol.